The van der Waals surface area contributed by atoms with Gasteiger partial charge in [0.2, 0.25) is 5.91 Å². The molecule has 1 heterocycles. The first-order valence-corrected chi connectivity index (χ1v) is 6.62. The van der Waals surface area contributed by atoms with Gasteiger partial charge < -0.3 is 16.3 Å². The number of aromatic amines is 1. The van der Waals surface area contributed by atoms with Crippen LogP contribution in [0.25, 0.3) is 0 Å². The van der Waals surface area contributed by atoms with Crippen LogP contribution in [0, 0.1) is 5.41 Å². The molecule has 1 aliphatic rings. The van der Waals surface area contributed by atoms with Gasteiger partial charge in [0.05, 0.1) is 6.04 Å². The molecular formula is C11H19N7O2. The van der Waals surface area contributed by atoms with Gasteiger partial charge in [0.25, 0.3) is 0 Å². The predicted octanol–water partition coefficient (Wildman–Crippen LogP) is 0.0738. The van der Waals surface area contributed by atoms with Gasteiger partial charge in [0.15, 0.2) is 11.7 Å². The number of amides is 1. The number of rotatable bonds is 4. The second-order valence-electron chi connectivity index (χ2n) is 5.09. The number of carbonyl (C=O) groups is 1. The molecule has 2 rings (SSSR count). The van der Waals surface area contributed by atoms with Crippen LogP contribution in [0.4, 0.5) is 0 Å². The summed E-state index contributed by atoms with van der Waals surface area (Å²) in [5.74, 6) is 0.101. The Labute approximate surface area is 116 Å². The molecule has 0 bridgehead atoms. The van der Waals surface area contributed by atoms with Crippen molar-refractivity contribution >= 4 is 11.7 Å². The van der Waals surface area contributed by atoms with Crippen molar-refractivity contribution in [1.82, 2.24) is 25.9 Å². The Hall–Kier alpha value is -2.19. The summed E-state index contributed by atoms with van der Waals surface area (Å²) < 4.78 is 0. The number of aromatic nitrogens is 4. The van der Waals surface area contributed by atoms with Crippen LogP contribution in [-0.2, 0) is 4.79 Å². The third-order valence-corrected chi connectivity index (χ3v) is 3.84. The summed E-state index contributed by atoms with van der Waals surface area (Å²) in [6.45, 7) is 1.76. The summed E-state index contributed by atoms with van der Waals surface area (Å²) in [5, 5.41) is 28.3. The normalized spacial score (nSPS) is 20.4. The minimum atomic E-state index is -0.939. The summed E-state index contributed by atoms with van der Waals surface area (Å²) in [6.07, 6.45) is 3.95. The third-order valence-electron chi connectivity index (χ3n) is 3.84. The Morgan fingerprint density at radius 1 is 1.50 bits per heavy atom. The SMILES string of the molecule is CC(NC(=O)C1(C(N)=NO)CCCCC1)c1nn[nH]n1. The Bertz CT molecular complexity index is 479. The number of H-pyrrole nitrogens is 1. The Balaban J connectivity index is 2.15. The maximum absolute atomic E-state index is 12.6. The number of nitrogens with zero attached hydrogens (tertiary/aromatic N) is 4. The van der Waals surface area contributed by atoms with E-state index < -0.39 is 11.5 Å². The van der Waals surface area contributed by atoms with E-state index in [-0.39, 0.29) is 11.7 Å². The molecule has 110 valence electrons. The minimum Gasteiger partial charge on any atom is -0.409 e. The Kier molecular flexibility index (Phi) is 4.16. The fourth-order valence-electron chi connectivity index (χ4n) is 2.60. The molecule has 9 nitrogen and oxygen atoms in total. The molecule has 1 unspecified atom stereocenters. The molecule has 0 spiro atoms. The molecule has 20 heavy (non-hydrogen) atoms. The number of nitrogens with one attached hydrogen (secondary N) is 2. The van der Waals surface area contributed by atoms with Crippen LogP contribution < -0.4 is 11.1 Å². The Morgan fingerprint density at radius 3 is 2.75 bits per heavy atom. The predicted molar refractivity (Wildman–Crippen MR) is 69.7 cm³/mol. The van der Waals surface area contributed by atoms with Gasteiger partial charge in [-0.05, 0) is 19.8 Å². The van der Waals surface area contributed by atoms with E-state index in [0.717, 1.165) is 19.3 Å². The lowest BCUT2D eigenvalue weighted by Gasteiger charge is -2.35. The van der Waals surface area contributed by atoms with Gasteiger partial charge in [-0.15, -0.1) is 10.2 Å². The highest BCUT2D eigenvalue weighted by Crippen LogP contribution is 2.37. The van der Waals surface area contributed by atoms with Crippen LogP contribution in [0.15, 0.2) is 5.16 Å². The quantitative estimate of drug-likeness (QED) is 0.266. The maximum Gasteiger partial charge on any atom is 0.234 e. The summed E-state index contributed by atoms with van der Waals surface area (Å²) in [5.41, 5.74) is 4.83. The lowest BCUT2D eigenvalue weighted by atomic mass is 9.72. The first-order valence-electron chi connectivity index (χ1n) is 6.62. The number of hydrogen-bond acceptors (Lipinski definition) is 6. The molecule has 0 aliphatic heterocycles. The zero-order valence-corrected chi connectivity index (χ0v) is 11.3. The van der Waals surface area contributed by atoms with Gasteiger partial charge in [0.1, 0.15) is 5.41 Å². The van der Waals surface area contributed by atoms with Crippen LogP contribution in [-0.4, -0.2) is 37.6 Å². The van der Waals surface area contributed by atoms with Crippen molar-refractivity contribution in [2.45, 2.75) is 45.1 Å². The average Bonchev–Trinajstić information content (AvgIpc) is 3.01. The number of oxime groups is 1. The molecule has 1 aromatic heterocycles. The first kappa shape index (κ1) is 14.2. The number of nitrogens with two attached hydrogens (primary N) is 1. The lowest BCUT2D eigenvalue weighted by molar-refractivity contribution is -0.129. The lowest BCUT2D eigenvalue weighted by Crippen LogP contribution is -2.51. The van der Waals surface area contributed by atoms with Gasteiger partial charge in [-0.3, -0.25) is 4.79 Å². The average molecular weight is 281 g/mol. The van der Waals surface area contributed by atoms with Gasteiger partial charge in [-0.25, -0.2) is 0 Å². The first-order chi connectivity index (χ1) is 9.60. The molecule has 1 atom stereocenters. The van der Waals surface area contributed by atoms with E-state index in [1.54, 1.807) is 6.92 Å². The smallest absolute Gasteiger partial charge is 0.234 e. The van der Waals surface area contributed by atoms with E-state index in [9.17, 15) is 4.79 Å². The van der Waals surface area contributed by atoms with Crippen LogP contribution in [0.3, 0.4) is 0 Å². The Morgan fingerprint density at radius 2 is 2.20 bits per heavy atom. The van der Waals surface area contributed by atoms with E-state index in [2.05, 4.69) is 31.1 Å². The molecule has 9 heteroatoms. The van der Waals surface area contributed by atoms with E-state index in [1.807, 2.05) is 0 Å². The van der Waals surface area contributed by atoms with Crippen molar-refractivity contribution in [3.63, 3.8) is 0 Å². The number of carbonyl (C=O) groups excluding carboxylic acids is 1. The van der Waals surface area contributed by atoms with Crippen LogP contribution in [0.1, 0.15) is 50.9 Å². The summed E-state index contributed by atoms with van der Waals surface area (Å²) in [7, 11) is 0. The van der Waals surface area contributed by atoms with Crippen LogP contribution in [0.2, 0.25) is 0 Å². The monoisotopic (exact) mass is 281 g/mol. The van der Waals surface area contributed by atoms with Crippen molar-refractivity contribution in [3.05, 3.63) is 5.82 Å². The van der Waals surface area contributed by atoms with E-state index in [1.165, 1.54) is 0 Å². The third kappa shape index (κ3) is 2.56. The number of amidine groups is 1. The largest absolute Gasteiger partial charge is 0.409 e. The van der Waals surface area contributed by atoms with Crippen molar-refractivity contribution in [2.24, 2.45) is 16.3 Å². The molecular weight excluding hydrogens is 262 g/mol. The second-order valence-corrected chi connectivity index (χ2v) is 5.09. The van der Waals surface area contributed by atoms with E-state index >= 15 is 0 Å². The second kappa shape index (κ2) is 5.85. The van der Waals surface area contributed by atoms with Crippen LogP contribution in [0.5, 0.6) is 0 Å². The number of hydrogen-bond donors (Lipinski definition) is 4. The number of tetrazole rings is 1. The molecule has 0 saturated heterocycles. The highest BCUT2D eigenvalue weighted by molar-refractivity contribution is 6.06. The molecule has 0 radical (unpaired) electrons. The minimum absolute atomic E-state index is 0.0324. The highest BCUT2D eigenvalue weighted by atomic mass is 16.4. The van der Waals surface area contributed by atoms with Gasteiger partial charge >= 0.3 is 0 Å². The van der Waals surface area contributed by atoms with Gasteiger partial charge in [-0.1, -0.05) is 29.6 Å². The van der Waals surface area contributed by atoms with E-state index in [4.69, 9.17) is 10.9 Å². The van der Waals surface area contributed by atoms with Crippen LogP contribution >= 0.6 is 0 Å². The molecule has 1 amide bonds. The molecule has 1 aliphatic carbocycles. The summed E-state index contributed by atoms with van der Waals surface area (Å²) >= 11 is 0. The van der Waals surface area contributed by atoms with Crippen molar-refractivity contribution in [3.8, 4) is 0 Å². The molecule has 0 aromatic carbocycles. The maximum atomic E-state index is 12.6. The summed E-state index contributed by atoms with van der Waals surface area (Å²) in [4.78, 5) is 12.6. The van der Waals surface area contributed by atoms with Crippen molar-refractivity contribution < 1.29 is 10.0 Å². The van der Waals surface area contributed by atoms with Crippen molar-refractivity contribution in [1.29, 1.82) is 0 Å². The van der Waals surface area contributed by atoms with Crippen molar-refractivity contribution in [2.75, 3.05) is 0 Å². The highest BCUT2D eigenvalue weighted by Gasteiger charge is 2.44. The zero-order valence-electron chi connectivity index (χ0n) is 11.3. The molecule has 1 saturated carbocycles. The molecule has 1 aromatic rings. The summed E-state index contributed by atoms with van der Waals surface area (Å²) in [6, 6.07) is -0.397. The fourth-order valence-corrected chi connectivity index (χ4v) is 2.60. The standard InChI is InChI=1S/C11H19N7O2/c1-7(8-14-17-18-15-8)13-10(19)11(9(12)16-20)5-3-2-4-6-11/h7,20H,2-6H2,1H3,(H2,12,16)(H,13,19)(H,14,15,17,18). The molecule has 1 fully saturated rings. The molecule has 5 N–H and O–H groups in total. The van der Waals surface area contributed by atoms with E-state index in [0.29, 0.717) is 18.7 Å². The van der Waals surface area contributed by atoms with Gasteiger partial charge in [0, 0.05) is 0 Å². The van der Waals surface area contributed by atoms with Gasteiger partial charge in [-0.2, -0.15) is 5.21 Å². The topological polar surface area (TPSA) is 142 Å². The zero-order chi connectivity index (χ0) is 14.6. The fraction of sp³-hybridized carbons (Fsp3) is 0.727.